The molecule has 0 fully saturated rings. The molecule has 3 nitrogen and oxygen atoms in total. The number of halogens is 5. The molecule has 0 aliphatic carbocycles. The van der Waals surface area contributed by atoms with Gasteiger partial charge in [0.05, 0.1) is 6.20 Å². The molecule has 0 saturated carbocycles. The summed E-state index contributed by atoms with van der Waals surface area (Å²) in [6.45, 7) is 0. The van der Waals surface area contributed by atoms with Gasteiger partial charge in [0.2, 0.25) is 0 Å². The van der Waals surface area contributed by atoms with Crippen molar-refractivity contribution in [1.82, 2.24) is 15.4 Å². The highest BCUT2D eigenvalue weighted by Crippen LogP contribution is 3.02. The predicted molar refractivity (Wildman–Crippen MR) is 83.8 cm³/mol. The summed E-state index contributed by atoms with van der Waals surface area (Å²) in [6, 6.07) is 9.79. The molecule has 0 bridgehead atoms. The molecule has 2 aromatic carbocycles. The molecule has 0 saturated heterocycles. The van der Waals surface area contributed by atoms with Crippen LogP contribution in [0.4, 0.5) is 19.4 Å². The Morgan fingerprint density at radius 2 is 1.33 bits per heavy atom. The lowest BCUT2D eigenvalue weighted by Crippen LogP contribution is -2.05. The van der Waals surface area contributed by atoms with Crippen molar-refractivity contribution in [2.45, 2.75) is 14.8 Å². The zero-order chi connectivity index (χ0) is 17.5. The van der Waals surface area contributed by atoms with Crippen LogP contribution in [0.3, 0.4) is 0 Å². The van der Waals surface area contributed by atoms with Crippen LogP contribution < -0.4 is 0 Å². The minimum atomic E-state index is -9.63. The standard InChI is InChI=1S/C14H10F5N3S2/c15-24(16,17,18,19)13-7-3-11(4-8-13)10-1-5-12(6-2-10)23-14-9-20-22-21-14/h1-9H,(H,20,21,22). The van der Waals surface area contributed by atoms with Gasteiger partial charge in [0, 0.05) is 4.90 Å². The van der Waals surface area contributed by atoms with Crippen molar-refractivity contribution >= 4 is 22.0 Å². The van der Waals surface area contributed by atoms with Gasteiger partial charge in [-0.25, -0.2) is 0 Å². The Morgan fingerprint density at radius 3 is 1.79 bits per heavy atom. The molecule has 0 unspecified atom stereocenters. The van der Waals surface area contributed by atoms with E-state index in [1.54, 1.807) is 30.5 Å². The molecule has 128 valence electrons. The van der Waals surface area contributed by atoms with Crippen molar-refractivity contribution in [2.24, 2.45) is 0 Å². The van der Waals surface area contributed by atoms with Crippen molar-refractivity contribution < 1.29 is 19.4 Å². The van der Waals surface area contributed by atoms with Crippen LogP contribution in [-0.4, -0.2) is 15.4 Å². The smallest absolute Gasteiger partial charge is 0.197 e. The molecule has 1 aromatic heterocycles. The van der Waals surface area contributed by atoms with E-state index < -0.39 is 15.1 Å². The van der Waals surface area contributed by atoms with Crippen molar-refractivity contribution in [3.8, 4) is 11.1 Å². The Bertz CT molecular complexity index is 845. The maximum atomic E-state index is 12.7. The summed E-state index contributed by atoms with van der Waals surface area (Å²) < 4.78 is 63.5. The number of benzene rings is 2. The summed E-state index contributed by atoms with van der Waals surface area (Å²) in [4.78, 5) is -1.03. The number of rotatable bonds is 4. The lowest BCUT2D eigenvalue weighted by Gasteiger charge is -2.40. The second-order valence-corrected chi connectivity index (χ2v) is 8.43. The van der Waals surface area contributed by atoms with Crippen LogP contribution >= 0.6 is 22.0 Å². The first-order valence-corrected chi connectivity index (χ1v) is 9.26. The van der Waals surface area contributed by atoms with Gasteiger partial charge in [0.25, 0.3) is 0 Å². The van der Waals surface area contributed by atoms with Crippen LogP contribution in [0.1, 0.15) is 0 Å². The molecule has 10 heteroatoms. The molecule has 0 aliphatic rings. The van der Waals surface area contributed by atoms with E-state index in [-0.39, 0.29) is 0 Å². The highest BCUT2D eigenvalue weighted by Gasteiger charge is 2.65. The molecule has 24 heavy (non-hydrogen) atoms. The van der Waals surface area contributed by atoms with E-state index in [4.69, 9.17) is 0 Å². The zero-order valence-corrected chi connectivity index (χ0v) is 13.4. The van der Waals surface area contributed by atoms with Gasteiger partial charge in [-0.2, -0.15) is 10.3 Å². The average Bonchev–Trinajstić information content (AvgIpc) is 2.99. The van der Waals surface area contributed by atoms with Gasteiger partial charge in [-0.05, 0) is 35.4 Å². The SMILES string of the molecule is FS(F)(F)(F)(F)c1ccc(-c2ccc(Sc3cn[nH]n3)cc2)cc1. The Kier molecular flexibility index (Phi) is 3.47. The molecule has 0 atom stereocenters. The van der Waals surface area contributed by atoms with Crippen molar-refractivity contribution in [3.63, 3.8) is 0 Å². The average molecular weight is 379 g/mol. The lowest BCUT2D eigenvalue weighted by atomic mass is 10.1. The van der Waals surface area contributed by atoms with E-state index in [0.717, 1.165) is 17.0 Å². The normalized spacial score (nSPS) is 14.9. The molecule has 0 aliphatic heterocycles. The van der Waals surface area contributed by atoms with E-state index in [1.165, 1.54) is 11.8 Å². The summed E-state index contributed by atoms with van der Waals surface area (Å²) >= 11 is 1.35. The maximum Gasteiger partial charge on any atom is 0.310 e. The first-order chi connectivity index (χ1) is 11.0. The van der Waals surface area contributed by atoms with Crippen LogP contribution in [0, 0.1) is 0 Å². The van der Waals surface area contributed by atoms with E-state index >= 15 is 0 Å². The number of nitrogens with one attached hydrogen (secondary N) is 1. The summed E-state index contributed by atoms with van der Waals surface area (Å²) in [7, 11) is -9.63. The Labute approximate surface area is 138 Å². The number of nitrogens with zero attached hydrogens (tertiary/aromatic N) is 2. The number of hydrogen-bond acceptors (Lipinski definition) is 3. The molecule has 0 radical (unpaired) electrons. The minimum Gasteiger partial charge on any atom is -0.197 e. The third kappa shape index (κ3) is 3.88. The molecule has 1 heterocycles. The van der Waals surface area contributed by atoms with E-state index in [2.05, 4.69) is 15.4 Å². The van der Waals surface area contributed by atoms with Gasteiger partial charge >= 0.3 is 10.2 Å². The van der Waals surface area contributed by atoms with Crippen LogP contribution in [0.15, 0.2) is 69.5 Å². The number of hydrogen-bond donors (Lipinski definition) is 1. The quantitative estimate of drug-likeness (QED) is 0.543. The Balaban J connectivity index is 1.82. The Morgan fingerprint density at radius 1 is 0.792 bits per heavy atom. The van der Waals surface area contributed by atoms with Gasteiger partial charge in [-0.1, -0.05) is 55.5 Å². The third-order valence-corrected chi connectivity index (χ3v) is 5.18. The van der Waals surface area contributed by atoms with E-state index in [1.807, 2.05) is 0 Å². The molecule has 1 N–H and O–H groups in total. The molecular formula is C14H10F5N3S2. The highest BCUT2D eigenvalue weighted by atomic mass is 32.5. The maximum absolute atomic E-state index is 12.7. The first-order valence-electron chi connectivity index (χ1n) is 6.49. The predicted octanol–water partition coefficient (Wildman–Crippen LogP) is 6.28. The largest absolute Gasteiger partial charge is 0.310 e. The van der Waals surface area contributed by atoms with Gasteiger partial charge in [-0.15, -0.1) is 5.10 Å². The number of aromatic amines is 1. The lowest BCUT2D eigenvalue weighted by molar-refractivity contribution is 0.364. The molecule has 3 rings (SSSR count). The topological polar surface area (TPSA) is 41.6 Å². The third-order valence-electron chi connectivity index (χ3n) is 3.10. The van der Waals surface area contributed by atoms with E-state index in [9.17, 15) is 19.4 Å². The number of aromatic nitrogens is 3. The molecule has 0 amide bonds. The second-order valence-electron chi connectivity index (χ2n) is 4.93. The highest BCUT2D eigenvalue weighted by molar-refractivity contribution is 8.45. The molecule has 0 spiro atoms. The van der Waals surface area contributed by atoms with E-state index in [0.29, 0.717) is 28.3 Å². The summed E-state index contributed by atoms with van der Waals surface area (Å²) in [5.41, 5.74) is 1.03. The van der Waals surface area contributed by atoms with Crippen LogP contribution in [0.25, 0.3) is 11.1 Å². The zero-order valence-electron chi connectivity index (χ0n) is 11.8. The monoisotopic (exact) mass is 379 g/mol. The fraction of sp³-hybridized carbons (Fsp3) is 0. The molecule has 3 aromatic rings. The van der Waals surface area contributed by atoms with Gasteiger partial charge in [-0.3, -0.25) is 0 Å². The summed E-state index contributed by atoms with van der Waals surface area (Å²) in [5.74, 6) is 0. The van der Waals surface area contributed by atoms with Crippen molar-refractivity contribution in [3.05, 3.63) is 54.7 Å². The number of H-pyrrole nitrogens is 1. The van der Waals surface area contributed by atoms with Crippen molar-refractivity contribution in [1.29, 1.82) is 0 Å². The Hall–Kier alpha value is -2.07. The first kappa shape index (κ1) is 16.8. The second kappa shape index (κ2) is 4.96. The van der Waals surface area contributed by atoms with Crippen LogP contribution in [0.5, 0.6) is 0 Å². The van der Waals surface area contributed by atoms with Crippen LogP contribution in [-0.2, 0) is 0 Å². The minimum absolute atomic E-state index is 0.412. The van der Waals surface area contributed by atoms with Crippen molar-refractivity contribution in [2.75, 3.05) is 0 Å². The summed E-state index contributed by atoms with van der Waals surface area (Å²) in [6.07, 6.45) is 1.55. The molecular weight excluding hydrogens is 369 g/mol. The fourth-order valence-corrected chi connectivity index (χ4v) is 3.34. The van der Waals surface area contributed by atoms with Gasteiger partial charge < -0.3 is 0 Å². The summed E-state index contributed by atoms with van der Waals surface area (Å²) in [5, 5.41) is 10.7. The van der Waals surface area contributed by atoms with Gasteiger partial charge in [0.15, 0.2) is 0 Å². The fourth-order valence-electron chi connectivity index (χ4n) is 1.98. The van der Waals surface area contributed by atoms with Crippen LogP contribution in [0.2, 0.25) is 0 Å². The van der Waals surface area contributed by atoms with Gasteiger partial charge in [0.1, 0.15) is 9.92 Å².